The summed E-state index contributed by atoms with van der Waals surface area (Å²) < 4.78 is 0. The number of nitrogens with zero attached hydrogens (tertiary/aromatic N) is 5. The summed E-state index contributed by atoms with van der Waals surface area (Å²) in [5.41, 5.74) is 0. The average molecular weight is 345 g/mol. The molecule has 3 aromatic rings. The average Bonchev–Trinajstić information content (AvgIpc) is 3.33. The Bertz CT molecular complexity index is 831. The molecule has 118 valence electrons. The Labute approximate surface area is 141 Å². The van der Waals surface area contributed by atoms with Crippen molar-refractivity contribution in [2.75, 3.05) is 23.4 Å². The van der Waals surface area contributed by atoms with Crippen molar-refractivity contribution < 1.29 is 4.79 Å². The van der Waals surface area contributed by atoms with Gasteiger partial charge < -0.3 is 4.90 Å². The summed E-state index contributed by atoms with van der Waals surface area (Å²) in [6, 6.07) is 1.83. The summed E-state index contributed by atoms with van der Waals surface area (Å²) in [6.45, 7) is 0.837. The van der Waals surface area contributed by atoms with Gasteiger partial charge in [-0.05, 0) is 24.3 Å². The van der Waals surface area contributed by atoms with E-state index >= 15 is 0 Å². The molecule has 8 heteroatoms. The van der Waals surface area contributed by atoms with Crippen LogP contribution >= 0.6 is 22.7 Å². The van der Waals surface area contributed by atoms with Crippen LogP contribution in [0.1, 0.15) is 12.8 Å². The Morgan fingerprint density at radius 1 is 1.30 bits per heavy atom. The number of thiophene rings is 1. The van der Waals surface area contributed by atoms with E-state index in [0.717, 1.165) is 40.6 Å². The number of fused-ring (bicyclic) bond motifs is 1. The van der Waals surface area contributed by atoms with Crippen LogP contribution < -0.4 is 9.80 Å². The van der Waals surface area contributed by atoms with E-state index < -0.39 is 0 Å². The van der Waals surface area contributed by atoms with E-state index in [1.54, 1.807) is 35.8 Å². The van der Waals surface area contributed by atoms with E-state index in [4.69, 9.17) is 0 Å². The normalized spacial score (nSPS) is 17.8. The highest BCUT2D eigenvalue weighted by atomic mass is 32.1. The van der Waals surface area contributed by atoms with Gasteiger partial charge in [-0.15, -0.1) is 22.7 Å². The van der Waals surface area contributed by atoms with Crippen molar-refractivity contribution >= 4 is 49.7 Å². The maximum atomic E-state index is 12.9. The van der Waals surface area contributed by atoms with Crippen molar-refractivity contribution in [2.24, 2.45) is 0 Å². The highest BCUT2D eigenvalue weighted by molar-refractivity contribution is 7.16. The van der Waals surface area contributed by atoms with E-state index in [9.17, 15) is 4.79 Å². The number of aromatic nitrogens is 3. The van der Waals surface area contributed by atoms with Gasteiger partial charge in [-0.1, -0.05) is 0 Å². The van der Waals surface area contributed by atoms with Crippen LogP contribution in [-0.2, 0) is 4.79 Å². The summed E-state index contributed by atoms with van der Waals surface area (Å²) in [5, 5.41) is 5.64. The maximum absolute atomic E-state index is 12.9. The fourth-order valence-electron chi connectivity index (χ4n) is 2.98. The number of rotatable bonds is 3. The molecule has 4 rings (SSSR count). The molecular weight excluding hydrogens is 330 g/mol. The molecule has 23 heavy (non-hydrogen) atoms. The van der Waals surface area contributed by atoms with Gasteiger partial charge in [-0.25, -0.2) is 15.0 Å². The van der Waals surface area contributed by atoms with Crippen molar-refractivity contribution in [3.05, 3.63) is 29.4 Å². The molecule has 1 aliphatic heterocycles. The van der Waals surface area contributed by atoms with Gasteiger partial charge in [0.1, 0.15) is 23.0 Å². The molecule has 4 heterocycles. The SMILES string of the molecule is CN(C(=O)C1CCCN1c1ncnc2sccc12)c1nccs1. The van der Waals surface area contributed by atoms with Gasteiger partial charge in [0, 0.05) is 25.2 Å². The lowest BCUT2D eigenvalue weighted by Crippen LogP contribution is -2.44. The molecule has 6 nitrogen and oxygen atoms in total. The molecule has 1 saturated heterocycles. The Morgan fingerprint density at radius 3 is 3.04 bits per heavy atom. The second kappa shape index (κ2) is 5.86. The molecule has 1 unspecified atom stereocenters. The number of hydrogen-bond acceptors (Lipinski definition) is 7. The zero-order valence-corrected chi connectivity index (χ0v) is 14.2. The number of carbonyl (C=O) groups is 1. The first-order valence-corrected chi connectivity index (χ1v) is 9.13. The van der Waals surface area contributed by atoms with Crippen molar-refractivity contribution in [2.45, 2.75) is 18.9 Å². The Balaban J connectivity index is 1.66. The van der Waals surface area contributed by atoms with E-state index in [2.05, 4.69) is 19.9 Å². The third-order valence-corrected chi connectivity index (χ3v) is 5.76. The number of likely N-dealkylation sites (N-methyl/N-ethyl adjacent to an activating group) is 1. The standard InChI is InChI=1S/C15H15N5OS2/c1-19(15-16-5-8-23-15)14(21)11-3-2-6-20(11)12-10-4-7-22-13(10)18-9-17-12/h4-5,7-9,11H,2-3,6H2,1H3. The van der Waals surface area contributed by atoms with Crippen LogP contribution in [0, 0.1) is 0 Å². The van der Waals surface area contributed by atoms with Crippen LogP contribution in [0.2, 0.25) is 0 Å². The number of thiazole rings is 1. The second-order valence-corrected chi connectivity index (χ2v) is 7.17. The molecular formula is C15H15N5OS2. The summed E-state index contributed by atoms with van der Waals surface area (Å²) in [5.74, 6) is 0.930. The summed E-state index contributed by atoms with van der Waals surface area (Å²) in [4.78, 5) is 30.6. The van der Waals surface area contributed by atoms with Gasteiger partial charge in [-0.3, -0.25) is 9.69 Å². The number of hydrogen-bond donors (Lipinski definition) is 0. The van der Waals surface area contributed by atoms with Crippen LogP contribution in [0.25, 0.3) is 10.2 Å². The molecule has 0 aliphatic carbocycles. The van der Waals surface area contributed by atoms with Crippen LogP contribution in [0.15, 0.2) is 29.4 Å². The maximum Gasteiger partial charge on any atom is 0.251 e. The Morgan fingerprint density at radius 2 is 2.22 bits per heavy atom. The van der Waals surface area contributed by atoms with Gasteiger partial charge in [0.15, 0.2) is 5.13 Å². The fourth-order valence-corrected chi connectivity index (χ4v) is 4.32. The van der Waals surface area contributed by atoms with E-state index in [1.807, 2.05) is 16.8 Å². The lowest BCUT2D eigenvalue weighted by Gasteiger charge is -2.28. The van der Waals surface area contributed by atoms with Gasteiger partial charge in [-0.2, -0.15) is 0 Å². The number of amides is 1. The first-order valence-electron chi connectivity index (χ1n) is 7.37. The molecule has 0 bridgehead atoms. The predicted molar refractivity (Wildman–Crippen MR) is 93.3 cm³/mol. The predicted octanol–water partition coefficient (Wildman–Crippen LogP) is 2.78. The van der Waals surface area contributed by atoms with Gasteiger partial charge in [0.05, 0.1) is 5.39 Å². The minimum atomic E-state index is -0.193. The fraction of sp³-hybridized carbons (Fsp3) is 0.333. The monoisotopic (exact) mass is 345 g/mol. The summed E-state index contributed by atoms with van der Waals surface area (Å²) in [6.07, 6.45) is 5.12. The van der Waals surface area contributed by atoms with Crippen LogP contribution in [0.3, 0.4) is 0 Å². The molecule has 0 saturated carbocycles. The van der Waals surface area contributed by atoms with Crippen molar-refractivity contribution in [1.82, 2.24) is 15.0 Å². The lowest BCUT2D eigenvalue weighted by molar-refractivity contribution is -0.119. The molecule has 0 radical (unpaired) electrons. The number of anilines is 2. The smallest absolute Gasteiger partial charge is 0.251 e. The molecule has 1 fully saturated rings. The summed E-state index contributed by atoms with van der Waals surface area (Å²) in [7, 11) is 1.79. The first-order chi connectivity index (χ1) is 11.3. The van der Waals surface area contributed by atoms with E-state index in [1.165, 1.54) is 11.3 Å². The molecule has 0 N–H and O–H groups in total. The highest BCUT2D eigenvalue weighted by Gasteiger charge is 2.35. The Kier molecular flexibility index (Phi) is 3.70. The minimum absolute atomic E-state index is 0.0689. The van der Waals surface area contributed by atoms with Crippen LogP contribution in [0.4, 0.5) is 10.9 Å². The zero-order chi connectivity index (χ0) is 15.8. The molecule has 1 atom stereocenters. The van der Waals surface area contributed by atoms with Crippen molar-refractivity contribution in [1.29, 1.82) is 0 Å². The lowest BCUT2D eigenvalue weighted by atomic mass is 10.2. The topological polar surface area (TPSA) is 62.2 Å². The molecule has 0 aromatic carbocycles. The highest BCUT2D eigenvalue weighted by Crippen LogP contribution is 2.32. The second-order valence-electron chi connectivity index (χ2n) is 5.40. The zero-order valence-electron chi connectivity index (χ0n) is 12.5. The molecule has 3 aromatic heterocycles. The first kappa shape index (κ1) is 14.5. The van der Waals surface area contributed by atoms with E-state index in [0.29, 0.717) is 0 Å². The van der Waals surface area contributed by atoms with Crippen molar-refractivity contribution in [3.63, 3.8) is 0 Å². The minimum Gasteiger partial charge on any atom is -0.344 e. The third kappa shape index (κ3) is 2.47. The van der Waals surface area contributed by atoms with Crippen LogP contribution in [0.5, 0.6) is 0 Å². The van der Waals surface area contributed by atoms with Gasteiger partial charge in [0.25, 0.3) is 5.91 Å². The summed E-state index contributed by atoms with van der Waals surface area (Å²) >= 11 is 3.06. The quantitative estimate of drug-likeness (QED) is 0.730. The van der Waals surface area contributed by atoms with Gasteiger partial charge >= 0.3 is 0 Å². The molecule has 1 aliphatic rings. The third-order valence-electron chi connectivity index (χ3n) is 4.09. The molecule has 1 amide bonds. The Hall–Kier alpha value is -2.06. The van der Waals surface area contributed by atoms with Crippen LogP contribution in [-0.4, -0.2) is 40.5 Å². The van der Waals surface area contributed by atoms with Gasteiger partial charge in [0.2, 0.25) is 0 Å². The molecule has 0 spiro atoms. The number of carbonyl (C=O) groups excluding carboxylic acids is 1. The van der Waals surface area contributed by atoms with E-state index in [-0.39, 0.29) is 11.9 Å². The largest absolute Gasteiger partial charge is 0.344 e. The van der Waals surface area contributed by atoms with Crippen molar-refractivity contribution in [3.8, 4) is 0 Å².